The first-order valence-corrected chi connectivity index (χ1v) is 9.94. The molecule has 0 bridgehead atoms. The maximum absolute atomic E-state index is 10.7. The van der Waals surface area contributed by atoms with Crippen molar-refractivity contribution in [1.82, 2.24) is 5.32 Å². The molecule has 0 aliphatic carbocycles. The average Bonchev–Trinajstić information content (AvgIpc) is 2.74. The number of ether oxygens (including phenoxy) is 1. The molecule has 2 atom stereocenters. The summed E-state index contributed by atoms with van der Waals surface area (Å²) < 4.78 is 5.31. The van der Waals surface area contributed by atoms with E-state index in [9.17, 15) is 5.11 Å². The van der Waals surface area contributed by atoms with Crippen molar-refractivity contribution in [1.29, 1.82) is 0 Å². The van der Waals surface area contributed by atoms with Gasteiger partial charge in [0.15, 0.2) is 17.7 Å². The number of rotatable bonds is 4. The molecule has 2 unspecified atom stereocenters. The van der Waals surface area contributed by atoms with Crippen LogP contribution < -0.4 is 15.4 Å². The molecule has 0 saturated carbocycles. The van der Waals surface area contributed by atoms with Crippen LogP contribution in [-0.2, 0) is 0 Å². The van der Waals surface area contributed by atoms with Crippen LogP contribution in [0.25, 0.3) is 5.70 Å². The third-order valence-electron chi connectivity index (χ3n) is 5.26. The highest BCUT2D eigenvalue weighted by atomic mass is 35.5. The summed E-state index contributed by atoms with van der Waals surface area (Å²) in [6.07, 6.45) is 2.13. The number of aromatic hydroxyl groups is 1. The van der Waals surface area contributed by atoms with E-state index in [1.807, 2.05) is 36.4 Å². The predicted molar refractivity (Wildman–Crippen MR) is 116 cm³/mol. The van der Waals surface area contributed by atoms with Crippen LogP contribution in [0, 0.1) is 6.92 Å². The molecule has 4 rings (SSSR count). The second-order valence-corrected chi connectivity index (χ2v) is 7.67. The Morgan fingerprint density at radius 1 is 1.00 bits per heavy atom. The number of methoxy groups -OCH3 is 1. The minimum atomic E-state index is -0.0802. The molecule has 0 aromatic heterocycles. The monoisotopic (exact) mass is 407 g/mol. The summed E-state index contributed by atoms with van der Waals surface area (Å²) in [5.41, 5.74) is 5.26. The molecule has 1 aliphatic heterocycles. The fraction of sp³-hybridized carbons (Fsp3) is 0.167. The van der Waals surface area contributed by atoms with Crippen molar-refractivity contribution < 1.29 is 15.2 Å². The Morgan fingerprint density at radius 2 is 1.72 bits per heavy atom. The second-order valence-electron chi connectivity index (χ2n) is 7.24. The molecule has 1 aliphatic rings. The fourth-order valence-corrected chi connectivity index (χ4v) is 3.78. The van der Waals surface area contributed by atoms with Gasteiger partial charge in [0.2, 0.25) is 0 Å². The first-order chi connectivity index (χ1) is 14.0. The summed E-state index contributed by atoms with van der Waals surface area (Å²) in [6, 6.07) is 21.8. The van der Waals surface area contributed by atoms with Crippen molar-refractivity contribution in [3.63, 3.8) is 0 Å². The standard InChI is InChI=1S/C24H23ClN2O2/c1-15-6-8-17(9-7-15)24-26-20(16-10-12-18(25)13-11-16)14-21(27-24)19-4-3-5-22(29-2)23(19)28/h3-14,21,24,26-28H,1-2H3/p+1. The first kappa shape index (κ1) is 19.4. The van der Waals surface area contributed by atoms with Crippen LogP contribution in [-0.4, -0.2) is 12.2 Å². The summed E-state index contributed by atoms with van der Waals surface area (Å²) in [7, 11) is 1.56. The van der Waals surface area contributed by atoms with Gasteiger partial charge in [-0.2, -0.15) is 0 Å². The van der Waals surface area contributed by atoms with Crippen LogP contribution in [0.4, 0.5) is 0 Å². The SMILES string of the molecule is COc1cccc(C2C=C(c3ccc(Cl)cc3)NC(c3ccc(C)cc3)[NH2+]2)c1O. The van der Waals surface area contributed by atoms with Crippen molar-refractivity contribution in [2.24, 2.45) is 0 Å². The number of halogens is 1. The lowest BCUT2D eigenvalue weighted by molar-refractivity contribution is -0.731. The molecule has 1 heterocycles. The van der Waals surface area contributed by atoms with Gasteiger partial charge in [-0.05, 0) is 36.8 Å². The Hall–Kier alpha value is -2.95. The number of nitrogens with two attached hydrogens (primary N) is 1. The molecular formula is C24H24ClN2O2+. The van der Waals surface area contributed by atoms with Gasteiger partial charge < -0.3 is 20.5 Å². The molecule has 0 saturated heterocycles. The van der Waals surface area contributed by atoms with E-state index in [2.05, 4.69) is 47.9 Å². The van der Waals surface area contributed by atoms with Crippen LogP contribution >= 0.6 is 11.6 Å². The van der Waals surface area contributed by atoms with Crippen LogP contribution in [0.15, 0.2) is 72.8 Å². The maximum Gasteiger partial charge on any atom is 0.186 e. The van der Waals surface area contributed by atoms with Crippen molar-refractivity contribution in [3.05, 3.63) is 100 Å². The number of quaternary nitrogens is 1. The summed E-state index contributed by atoms with van der Waals surface area (Å²) in [5.74, 6) is 0.648. The topological polar surface area (TPSA) is 58.1 Å². The van der Waals surface area contributed by atoms with Crippen molar-refractivity contribution in [2.45, 2.75) is 19.1 Å². The molecule has 4 nitrogen and oxygen atoms in total. The number of phenolic OH excluding ortho intramolecular Hbond substituents is 1. The van der Waals surface area contributed by atoms with E-state index in [4.69, 9.17) is 16.3 Å². The number of hydrogen-bond donors (Lipinski definition) is 3. The predicted octanol–water partition coefficient (Wildman–Crippen LogP) is 4.31. The van der Waals surface area contributed by atoms with Gasteiger partial charge in [0.25, 0.3) is 0 Å². The molecule has 5 heteroatoms. The molecule has 0 spiro atoms. The number of aryl methyl sites for hydroxylation is 1. The Labute approximate surface area is 175 Å². The zero-order valence-corrected chi connectivity index (χ0v) is 17.1. The zero-order valence-electron chi connectivity index (χ0n) is 16.4. The van der Waals surface area contributed by atoms with Crippen LogP contribution in [0.2, 0.25) is 5.02 Å². The van der Waals surface area contributed by atoms with Gasteiger partial charge in [0, 0.05) is 22.4 Å². The maximum atomic E-state index is 10.7. The Bertz CT molecular complexity index is 1030. The van der Waals surface area contributed by atoms with Gasteiger partial charge >= 0.3 is 0 Å². The van der Waals surface area contributed by atoms with Gasteiger partial charge in [0.05, 0.1) is 12.7 Å². The number of hydrogen-bond acceptors (Lipinski definition) is 3. The number of benzene rings is 3. The Morgan fingerprint density at radius 3 is 2.41 bits per heavy atom. The molecule has 0 fully saturated rings. The number of para-hydroxylation sites is 1. The first-order valence-electron chi connectivity index (χ1n) is 9.57. The average molecular weight is 408 g/mol. The second kappa shape index (κ2) is 8.19. The lowest BCUT2D eigenvalue weighted by Crippen LogP contribution is -2.89. The molecule has 3 aromatic carbocycles. The highest BCUT2D eigenvalue weighted by molar-refractivity contribution is 6.30. The minimum Gasteiger partial charge on any atom is -0.504 e. The highest BCUT2D eigenvalue weighted by Gasteiger charge is 2.30. The minimum absolute atomic E-state index is 0.00174. The summed E-state index contributed by atoms with van der Waals surface area (Å²) >= 11 is 6.08. The van der Waals surface area contributed by atoms with Crippen LogP contribution in [0.1, 0.15) is 34.5 Å². The number of nitrogens with one attached hydrogen (secondary N) is 1. The van der Waals surface area contributed by atoms with Gasteiger partial charge in [0.1, 0.15) is 6.04 Å². The van der Waals surface area contributed by atoms with Crippen molar-refractivity contribution >= 4 is 17.3 Å². The van der Waals surface area contributed by atoms with Gasteiger partial charge in [-0.3, -0.25) is 0 Å². The zero-order chi connectivity index (χ0) is 20.4. The molecule has 3 aromatic rings. The third-order valence-corrected chi connectivity index (χ3v) is 5.51. The van der Waals surface area contributed by atoms with E-state index in [1.54, 1.807) is 13.2 Å². The molecule has 4 N–H and O–H groups in total. The highest BCUT2D eigenvalue weighted by Crippen LogP contribution is 2.35. The van der Waals surface area contributed by atoms with Gasteiger partial charge in [-0.15, -0.1) is 0 Å². The third kappa shape index (κ3) is 4.09. The Balaban J connectivity index is 1.77. The van der Waals surface area contributed by atoms with Gasteiger partial charge in [-0.1, -0.05) is 59.6 Å². The summed E-state index contributed by atoms with van der Waals surface area (Å²) in [4.78, 5) is 0. The summed E-state index contributed by atoms with van der Waals surface area (Å²) in [6.45, 7) is 2.08. The lowest BCUT2D eigenvalue weighted by atomic mass is 9.97. The smallest absolute Gasteiger partial charge is 0.186 e. The van der Waals surface area contributed by atoms with Crippen LogP contribution in [0.3, 0.4) is 0 Å². The van der Waals surface area contributed by atoms with E-state index in [0.717, 1.165) is 16.8 Å². The van der Waals surface area contributed by atoms with Crippen molar-refractivity contribution in [3.8, 4) is 11.5 Å². The van der Waals surface area contributed by atoms with E-state index in [0.29, 0.717) is 10.8 Å². The fourth-order valence-electron chi connectivity index (χ4n) is 3.65. The van der Waals surface area contributed by atoms with E-state index in [1.165, 1.54) is 11.1 Å². The summed E-state index contributed by atoms with van der Waals surface area (Å²) in [5, 5.41) is 17.2. The van der Waals surface area contributed by atoms with E-state index < -0.39 is 0 Å². The van der Waals surface area contributed by atoms with Crippen molar-refractivity contribution in [2.75, 3.05) is 7.11 Å². The van der Waals surface area contributed by atoms with E-state index >= 15 is 0 Å². The largest absolute Gasteiger partial charge is 0.504 e. The molecule has 29 heavy (non-hydrogen) atoms. The molecule has 0 radical (unpaired) electrons. The molecule has 0 amide bonds. The molecular weight excluding hydrogens is 384 g/mol. The Kier molecular flexibility index (Phi) is 5.47. The lowest BCUT2D eigenvalue weighted by Gasteiger charge is -2.30. The normalized spacial score (nSPS) is 18.7. The van der Waals surface area contributed by atoms with E-state index in [-0.39, 0.29) is 18.0 Å². The number of phenols is 1. The van der Waals surface area contributed by atoms with Crippen LogP contribution in [0.5, 0.6) is 11.5 Å². The molecule has 148 valence electrons. The quantitative estimate of drug-likeness (QED) is 0.604. The van der Waals surface area contributed by atoms with Gasteiger partial charge in [-0.25, -0.2) is 0 Å².